The van der Waals surface area contributed by atoms with Gasteiger partial charge in [0.05, 0.1) is 0 Å². The molecule has 0 unspecified atom stereocenters. The van der Waals surface area contributed by atoms with Crippen molar-refractivity contribution in [3.05, 3.63) is 35.4 Å². The molecule has 0 saturated carbocycles. The van der Waals surface area contributed by atoms with E-state index in [-0.39, 0.29) is 29.6 Å². The van der Waals surface area contributed by atoms with Gasteiger partial charge in [0.2, 0.25) is 0 Å². The van der Waals surface area contributed by atoms with Crippen LogP contribution in [0.15, 0.2) is 24.3 Å². The molecule has 0 aliphatic carbocycles. The molecular weight excluding hydrogens is 131 g/mol. The molecular formula is C6H5ClNa. The van der Waals surface area contributed by atoms with E-state index in [0.29, 0.717) is 5.02 Å². The maximum absolute atomic E-state index is 5.48. The summed E-state index contributed by atoms with van der Waals surface area (Å²) in [5.74, 6) is 0. The molecule has 37 valence electrons. The molecule has 0 nitrogen and oxygen atoms in total. The van der Waals surface area contributed by atoms with Gasteiger partial charge in [-0.05, 0) is 6.07 Å². The molecule has 1 radical (unpaired) electrons. The van der Waals surface area contributed by atoms with Crippen LogP contribution in [-0.2, 0) is 0 Å². The monoisotopic (exact) mass is 135 g/mol. The molecule has 0 N–H and O–H groups in total. The molecule has 2 heteroatoms. The van der Waals surface area contributed by atoms with Crippen LogP contribution in [0, 0.1) is 6.07 Å². The SMILES string of the molecule is Clc1[c]cccc1.[NaH]. The molecule has 0 aliphatic heterocycles. The molecule has 0 aromatic heterocycles. The normalized spacial score (nSPS) is 7.62. The van der Waals surface area contributed by atoms with Gasteiger partial charge in [0.1, 0.15) is 0 Å². The predicted octanol–water partition coefficient (Wildman–Crippen LogP) is 1.49. The molecule has 0 atom stereocenters. The number of rotatable bonds is 0. The Balaban J connectivity index is 0.000000490. The van der Waals surface area contributed by atoms with Gasteiger partial charge in [0.25, 0.3) is 0 Å². The maximum atomic E-state index is 5.48. The fourth-order valence-electron chi connectivity index (χ4n) is 0.371. The van der Waals surface area contributed by atoms with Crippen molar-refractivity contribution >= 4 is 41.2 Å². The fourth-order valence-corrected chi connectivity index (χ4v) is 0.507. The second kappa shape index (κ2) is 4.39. The first-order valence-corrected chi connectivity index (χ1v) is 2.39. The first kappa shape index (κ1) is 8.51. The first-order chi connectivity index (χ1) is 3.39. The van der Waals surface area contributed by atoms with E-state index in [1.54, 1.807) is 12.1 Å². The molecule has 1 rings (SSSR count). The Morgan fingerprint density at radius 3 is 2.38 bits per heavy atom. The average Bonchev–Trinajstić information content (AvgIpc) is 1.69. The van der Waals surface area contributed by atoms with Crippen LogP contribution in [0.3, 0.4) is 0 Å². The van der Waals surface area contributed by atoms with Crippen molar-refractivity contribution in [3.63, 3.8) is 0 Å². The Morgan fingerprint density at radius 2 is 2.12 bits per heavy atom. The van der Waals surface area contributed by atoms with Gasteiger partial charge in [-0.25, -0.2) is 0 Å². The van der Waals surface area contributed by atoms with Crippen LogP contribution >= 0.6 is 11.6 Å². The zero-order valence-corrected chi connectivity index (χ0v) is 4.44. The zero-order chi connectivity index (χ0) is 5.11. The minimum absolute atomic E-state index is 0. The molecule has 8 heavy (non-hydrogen) atoms. The Hall–Kier alpha value is 0.510. The summed E-state index contributed by atoms with van der Waals surface area (Å²) in [6.45, 7) is 0. The van der Waals surface area contributed by atoms with Crippen molar-refractivity contribution in [2.24, 2.45) is 0 Å². The number of halogens is 1. The van der Waals surface area contributed by atoms with E-state index in [2.05, 4.69) is 6.07 Å². The van der Waals surface area contributed by atoms with Gasteiger partial charge in [0, 0.05) is 11.1 Å². The third-order valence-electron chi connectivity index (χ3n) is 0.671. The summed E-state index contributed by atoms with van der Waals surface area (Å²) in [6.07, 6.45) is 0. The van der Waals surface area contributed by atoms with E-state index in [1.807, 2.05) is 12.1 Å². The zero-order valence-electron chi connectivity index (χ0n) is 3.69. The fraction of sp³-hybridized carbons (Fsp3) is 0. The van der Waals surface area contributed by atoms with Crippen molar-refractivity contribution in [1.82, 2.24) is 0 Å². The second-order valence-corrected chi connectivity index (χ2v) is 1.62. The number of hydrogen-bond acceptors (Lipinski definition) is 0. The van der Waals surface area contributed by atoms with Gasteiger partial charge < -0.3 is 0 Å². The van der Waals surface area contributed by atoms with Gasteiger partial charge in [-0.15, -0.1) is 0 Å². The molecule has 1 aromatic carbocycles. The van der Waals surface area contributed by atoms with Gasteiger partial charge in [-0.2, -0.15) is 0 Å². The Kier molecular flexibility index (Phi) is 4.68. The van der Waals surface area contributed by atoms with Gasteiger partial charge in [-0.1, -0.05) is 29.8 Å². The molecule has 0 saturated heterocycles. The summed E-state index contributed by atoms with van der Waals surface area (Å²) in [6, 6.07) is 10.1. The third kappa shape index (κ3) is 2.73. The van der Waals surface area contributed by atoms with E-state index < -0.39 is 0 Å². The van der Waals surface area contributed by atoms with Crippen LogP contribution in [0.4, 0.5) is 0 Å². The van der Waals surface area contributed by atoms with Crippen LogP contribution in [0.1, 0.15) is 0 Å². The molecule has 0 fully saturated rings. The van der Waals surface area contributed by atoms with E-state index in [1.165, 1.54) is 0 Å². The van der Waals surface area contributed by atoms with E-state index in [4.69, 9.17) is 11.6 Å². The minimum atomic E-state index is 0. The molecule has 1 aromatic rings. The second-order valence-electron chi connectivity index (χ2n) is 1.21. The topological polar surface area (TPSA) is 0 Å². The van der Waals surface area contributed by atoms with Crippen LogP contribution in [0.25, 0.3) is 0 Å². The van der Waals surface area contributed by atoms with Crippen molar-refractivity contribution < 1.29 is 0 Å². The molecule has 0 aliphatic rings. The first-order valence-electron chi connectivity index (χ1n) is 2.02. The molecule has 0 amide bonds. The predicted molar refractivity (Wildman–Crippen MR) is 37.4 cm³/mol. The number of hydrogen-bond donors (Lipinski definition) is 0. The summed E-state index contributed by atoms with van der Waals surface area (Å²) in [5, 5.41) is 0.669. The van der Waals surface area contributed by atoms with Crippen molar-refractivity contribution in [1.29, 1.82) is 0 Å². The average molecular weight is 136 g/mol. The Labute approximate surface area is 76.1 Å². The standard InChI is InChI=1S/C6H4Cl.Na.H/c7-6-4-2-1-3-5-6;;/h1-4H;;. The Bertz CT molecular complexity index is 138. The molecule has 0 heterocycles. The van der Waals surface area contributed by atoms with Crippen molar-refractivity contribution in [2.75, 3.05) is 0 Å². The van der Waals surface area contributed by atoms with Crippen LogP contribution in [-0.4, -0.2) is 29.6 Å². The molecule has 0 spiro atoms. The Morgan fingerprint density at radius 1 is 1.38 bits per heavy atom. The van der Waals surface area contributed by atoms with E-state index in [0.717, 1.165) is 0 Å². The van der Waals surface area contributed by atoms with Crippen molar-refractivity contribution in [2.45, 2.75) is 0 Å². The summed E-state index contributed by atoms with van der Waals surface area (Å²) in [5.41, 5.74) is 0. The van der Waals surface area contributed by atoms with E-state index >= 15 is 0 Å². The quantitative estimate of drug-likeness (QED) is 0.473. The van der Waals surface area contributed by atoms with Gasteiger partial charge in [0.15, 0.2) is 0 Å². The van der Waals surface area contributed by atoms with Crippen LogP contribution in [0.5, 0.6) is 0 Å². The summed E-state index contributed by atoms with van der Waals surface area (Å²) in [7, 11) is 0. The van der Waals surface area contributed by atoms with Crippen LogP contribution in [0.2, 0.25) is 5.02 Å². The van der Waals surface area contributed by atoms with Gasteiger partial charge in [-0.3, -0.25) is 0 Å². The van der Waals surface area contributed by atoms with Crippen molar-refractivity contribution in [3.8, 4) is 0 Å². The van der Waals surface area contributed by atoms with Gasteiger partial charge >= 0.3 is 29.6 Å². The summed E-state index contributed by atoms with van der Waals surface area (Å²) < 4.78 is 0. The summed E-state index contributed by atoms with van der Waals surface area (Å²) in [4.78, 5) is 0. The van der Waals surface area contributed by atoms with E-state index in [9.17, 15) is 0 Å². The third-order valence-corrected chi connectivity index (χ3v) is 0.906. The van der Waals surface area contributed by atoms with Crippen LogP contribution < -0.4 is 0 Å². The number of benzene rings is 1. The summed E-state index contributed by atoms with van der Waals surface area (Å²) >= 11 is 5.48. The molecule has 0 bridgehead atoms.